The third kappa shape index (κ3) is 4.19. The molecule has 2 amide bonds. The Bertz CT molecular complexity index is 821. The van der Waals surface area contributed by atoms with Gasteiger partial charge in [-0.25, -0.2) is 4.79 Å². The molecule has 3 heterocycles. The average molecular weight is 417 g/mol. The van der Waals surface area contributed by atoms with Crippen LogP contribution in [-0.2, 0) is 16.0 Å². The van der Waals surface area contributed by atoms with Crippen LogP contribution >= 0.6 is 0 Å². The van der Waals surface area contributed by atoms with E-state index in [0.717, 1.165) is 42.7 Å². The van der Waals surface area contributed by atoms with Crippen LogP contribution in [0.25, 0.3) is 0 Å². The van der Waals surface area contributed by atoms with E-state index < -0.39 is 5.60 Å². The molecule has 30 heavy (non-hydrogen) atoms. The minimum absolute atomic E-state index is 0.0650. The van der Waals surface area contributed by atoms with E-state index in [2.05, 4.69) is 4.90 Å². The minimum Gasteiger partial charge on any atom is -0.444 e. The summed E-state index contributed by atoms with van der Waals surface area (Å²) in [7, 11) is 0. The molecule has 0 radical (unpaired) electrons. The van der Waals surface area contributed by atoms with Crippen LogP contribution in [0.15, 0.2) is 12.1 Å². The fraction of sp³-hybridized carbons (Fsp3) is 0.636. The molecule has 2 N–H and O–H groups in total. The first-order valence-corrected chi connectivity index (χ1v) is 10.8. The molecule has 3 aliphatic rings. The Balaban J connectivity index is 1.42. The SMILES string of the molecule is CC(C)(C)OC(=O)N1CCC(N2Cc3cc(N)c(N4CCOCC4)cc3C2=O)CC1. The van der Waals surface area contributed by atoms with Crippen molar-refractivity contribution in [2.45, 2.75) is 51.8 Å². The van der Waals surface area contributed by atoms with Crippen LogP contribution < -0.4 is 10.6 Å². The lowest BCUT2D eigenvalue weighted by atomic mass is 10.0. The van der Waals surface area contributed by atoms with Gasteiger partial charge in [0.25, 0.3) is 5.91 Å². The number of carbonyl (C=O) groups excluding carboxylic acids is 2. The molecule has 8 nitrogen and oxygen atoms in total. The van der Waals surface area contributed by atoms with Crippen LogP contribution in [0.4, 0.5) is 16.2 Å². The van der Waals surface area contributed by atoms with Crippen molar-refractivity contribution in [3.05, 3.63) is 23.3 Å². The summed E-state index contributed by atoms with van der Waals surface area (Å²) in [5.74, 6) is 0.0650. The Kier molecular flexibility index (Phi) is 5.53. The quantitative estimate of drug-likeness (QED) is 0.745. The van der Waals surface area contributed by atoms with E-state index in [1.165, 1.54) is 0 Å². The summed E-state index contributed by atoms with van der Waals surface area (Å²) in [4.78, 5) is 31.4. The number of fused-ring (bicyclic) bond motifs is 1. The molecule has 8 heteroatoms. The van der Waals surface area contributed by atoms with Gasteiger partial charge in [0.1, 0.15) is 5.60 Å². The van der Waals surface area contributed by atoms with Gasteiger partial charge >= 0.3 is 6.09 Å². The maximum atomic E-state index is 13.2. The van der Waals surface area contributed by atoms with Gasteiger partial charge < -0.3 is 29.9 Å². The number of likely N-dealkylation sites (tertiary alicyclic amines) is 1. The van der Waals surface area contributed by atoms with Crippen LogP contribution in [-0.4, -0.2) is 72.8 Å². The average Bonchev–Trinajstić information content (AvgIpc) is 3.02. The molecule has 3 aliphatic heterocycles. The zero-order valence-corrected chi connectivity index (χ0v) is 18.1. The van der Waals surface area contributed by atoms with E-state index in [1.807, 2.05) is 37.8 Å². The number of carbonyl (C=O) groups is 2. The third-order valence-corrected chi connectivity index (χ3v) is 5.99. The predicted molar refractivity (Wildman–Crippen MR) is 115 cm³/mol. The van der Waals surface area contributed by atoms with Gasteiger partial charge in [-0.1, -0.05) is 0 Å². The first-order valence-electron chi connectivity index (χ1n) is 10.8. The summed E-state index contributed by atoms with van der Waals surface area (Å²) in [6, 6.07) is 4.03. The highest BCUT2D eigenvalue weighted by Crippen LogP contribution is 2.35. The standard InChI is InChI=1S/C22H32N4O4/c1-22(2,3)30-21(28)25-6-4-16(5-7-25)26-14-15-12-18(23)19(13-17(15)20(26)27)24-8-10-29-11-9-24/h12-13,16H,4-11,14,23H2,1-3H3. The summed E-state index contributed by atoms with van der Waals surface area (Å²) in [6.45, 7) is 10.3. The van der Waals surface area contributed by atoms with E-state index in [-0.39, 0.29) is 18.0 Å². The van der Waals surface area contributed by atoms with E-state index in [1.54, 1.807) is 4.90 Å². The van der Waals surface area contributed by atoms with Crippen molar-refractivity contribution in [3.63, 3.8) is 0 Å². The van der Waals surface area contributed by atoms with Crippen LogP contribution in [0.2, 0.25) is 0 Å². The van der Waals surface area contributed by atoms with Crippen molar-refractivity contribution in [2.24, 2.45) is 0 Å². The highest BCUT2D eigenvalue weighted by molar-refractivity contribution is 6.00. The number of anilines is 2. The Morgan fingerprint density at radius 2 is 1.80 bits per heavy atom. The van der Waals surface area contributed by atoms with Crippen LogP contribution in [0, 0.1) is 0 Å². The monoisotopic (exact) mass is 416 g/mol. The summed E-state index contributed by atoms with van der Waals surface area (Å²) in [6.07, 6.45) is 1.23. The van der Waals surface area contributed by atoms with Gasteiger partial charge in [-0.15, -0.1) is 0 Å². The molecule has 0 unspecified atom stereocenters. The van der Waals surface area contributed by atoms with E-state index in [9.17, 15) is 9.59 Å². The molecular formula is C22H32N4O4. The number of hydrogen-bond donors (Lipinski definition) is 1. The molecule has 0 spiro atoms. The molecule has 1 aromatic carbocycles. The Hall–Kier alpha value is -2.48. The lowest BCUT2D eigenvalue weighted by Crippen LogP contribution is -2.48. The molecule has 2 saturated heterocycles. The highest BCUT2D eigenvalue weighted by atomic mass is 16.6. The Morgan fingerprint density at radius 3 is 2.43 bits per heavy atom. The number of nitrogens with zero attached hydrogens (tertiary/aromatic N) is 3. The molecular weight excluding hydrogens is 384 g/mol. The zero-order chi connectivity index (χ0) is 21.5. The second-order valence-electron chi connectivity index (χ2n) is 9.30. The van der Waals surface area contributed by atoms with Crippen LogP contribution in [0.5, 0.6) is 0 Å². The number of benzene rings is 1. The van der Waals surface area contributed by atoms with Gasteiger partial charge in [-0.2, -0.15) is 0 Å². The molecule has 0 bridgehead atoms. The molecule has 164 valence electrons. The number of ether oxygens (including phenoxy) is 2. The normalized spacial score (nSPS) is 20.5. The number of morpholine rings is 1. The fourth-order valence-corrected chi connectivity index (χ4v) is 4.45. The van der Waals surface area contributed by atoms with E-state index >= 15 is 0 Å². The van der Waals surface area contributed by atoms with Crippen molar-refractivity contribution in [1.29, 1.82) is 0 Å². The molecule has 0 aromatic heterocycles. The first kappa shape index (κ1) is 20.8. The van der Waals surface area contributed by atoms with Crippen molar-refractivity contribution in [3.8, 4) is 0 Å². The van der Waals surface area contributed by atoms with Gasteiger partial charge in [0.05, 0.1) is 24.6 Å². The van der Waals surface area contributed by atoms with Crippen LogP contribution in [0.3, 0.4) is 0 Å². The van der Waals surface area contributed by atoms with Crippen molar-refractivity contribution >= 4 is 23.4 Å². The van der Waals surface area contributed by atoms with Crippen molar-refractivity contribution in [1.82, 2.24) is 9.80 Å². The fourth-order valence-electron chi connectivity index (χ4n) is 4.45. The number of rotatable bonds is 2. The van der Waals surface area contributed by atoms with E-state index in [4.69, 9.17) is 15.2 Å². The molecule has 0 saturated carbocycles. The Morgan fingerprint density at radius 1 is 1.13 bits per heavy atom. The van der Waals surface area contributed by atoms with Gasteiger partial charge in [-0.3, -0.25) is 4.79 Å². The summed E-state index contributed by atoms with van der Waals surface area (Å²) >= 11 is 0. The molecule has 2 fully saturated rings. The smallest absolute Gasteiger partial charge is 0.410 e. The van der Waals surface area contributed by atoms with Crippen molar-refractivity contribution < 1.29 is 19.1 Å². The first-order chi connectivity index (χ1) is 14.2. The molecule has 0 atom stereocenters. The topological polar surface area (TPSA) is 88.3 Å². The second-order valence-corrected chi connectivity index (χ2v) is 9.30. The van der Waals surface area contributed by atoms with Crippen LogP contribution in [0.1, 0.15) is 49.5 Å². The number of hydrogen-bond acceptors (Lipinski definition) is 6. The molecule has 0 aliphatic carbocycles. The van der Waals surface area contributed by atoms with Gasteiger partial charge in [0.15, 0.2) is 0 Å². The summed E-state index contributed by atoms with van der Waals surface area (Å²) in [5.41, 5.74) is 9.20. The zero-order valence-electron chi connectivity index (χ0n) is 18.1. The molecule has 1 aromatic rings. The Labute approximate surface area is 177 Å². The summed E-state index contributed by atoms with van der Waals surface area (Å²) < 4.78 is 10.9. The number of piperidine rings is 1. The van der Waals surface area contributed by atoms with Crippen molar-refractivity contribution in [2.75, 3.05) is 50.0 Å². The third-order valence-electron chi connectivity index (χ3n) is 5.99. The van der Waals surface area contributed by atoms with Gasteiger partial charge in [-0.05, 0) is 51.3 Å². The minimum atomic E-state index is -0.501. The van der Waals surface area contributed by atoms with E-state index in [0.29, 0.717) is 38.5 Å². The second kappa shape index (κ2) is 7.98. The predicted octanol–water partition coefficient (Wildman–Crippen LogP) is 2.46. The maximum absolute atomic E-state index is 13.2. The van der Waals surface area contributed by atoms with Gasteiger partial charge in [0, 0.05) is 44.3 Å². The maximum Gasteiger partial charge on any atom is 0.410 e. The number of amides is 2. The largest absolute Gasteiger partial charge is 0.444 e. The number of nitrogens with two attached hydrogens (primary N) is 1. The highest BCUT2D eigenvalue weighted by Gasteiger charge is 2.37. The lowest BCUT2D eigenvalue weighted by molar-refractivity contribution is 0.0148. The lowest BCUT2D eigenvalue weighted by Gasteiger charge is -2.37. The summed E-state index contributed by atoms with van der Waals surface area (Å²) in [5, 5.41) is 0. The molecule has 4 rings (SSSR count). The number of nitrogen functional groups attached to an aromatic ring is 1. The van der Waals surface area contributed by atoms with Gasteiger partial charge in [0.2, 0.25) is 0 Å².